The molecule has 4 nitrogen and oxygen atoms in total. The van der Waals surface area contributed by atoms with Gasteiger partial charge in [-0.05, 0) is 37.8 Å². The van der Waals surface area contributed by atoms with E-state index < -0.39 is 0 Å². The predicted molar refractivity (Wildman–Crippen MR) is 61.3 cm³/mol. The standard InChI is InChI=1S/C11H14ClN3O/c1-7(8-3-2-4-8)13-11(16)9-5-6-10(12)15-14-9/h5-8H,2-4H2,1H3,(H,13,16). The van der Waals surface area contributed by atoms with Gasteiger partial charge in [-0.3, -0.25) is 4.79 Å². The fourth-order valence-corrected chi connectivity index (χ4v) is 1.88. The highest BCUT2D eigenvalue weighted by atomic mass is 35.5. The van der Waals surface area contributed by atoms with E-state index in [4.69, 9.17) is 11.6 Å². The molecular weight excluding hydrogens is 226 g/mol. The van der Waals surface area contributed by atoms with Crippen LogP contribution in [0.15, 0.2) is 12.1 Å². The van der Waals surface area contributed by atoms with Crippen molar-refractivity contribution in [2.75, 3.05) is 0 Å². The molecule has 0 aliphatic heterocycles. The van der Waals surface area contributed by atoms with E-state index in [1.807, 2.05) is 6.92 Å². The first-order valence-corrected chi connectivity index (χ1v) is 5.84. The molecule has 1 fully saturated rings. The van der Waals surface area contributed by atoms with Crippen molar-refractivity contribution in [2.24, 2.45) is 5.92 Å². The summed E-state index contributed by atoms with van der Waals surface area (Å²) in [6.07, 6.45) is 3.67. The number of aromatic nitrogens is 2. The zero-order chi connectivity index (χ0) is 11.5. The first-order chi connectivity index (χ1) is 7.66. The van der Waals surface area contributed by atoms with E-state index >= 15 is 0 Å². The van der Waals surface area contributed by atoms with Crippen LogP contribution in [0.1, 0.15) is 36.7 Å². The summed E-state index contributed by atoms with van der Waals surface area (Å²) in [5.74, 6) is 0.438. The lowest BCUT2D eigenvalue weighted by molar-refractivity contribution is 0.0903. The molecule has 86 valence electrons. The SMILES string of the molecule is CC(NC(=O)c1ccc(Cl)nn1)C1CCC1. The highest BCUT2D eigenvalue weighted by Crippen LogP contribution is 2.29. The molecule has 1 amide bonds. The predicted octanol–water partition coefficient (Wildman–Crippen LogP) is 2.05. The van der Waals surface area contributed by atoms with Gasteiger partial charge in [-0.15, -0.1) is 10.2 Å². The molecule has 1 aromatic heterocycles. The van der Waals surface area contributed by atoms with E-state index in [0.717, 1.165) is 0 Å². The molecule has 0 saturated heterocycles. The first kappa shape index (κ1) is 11.3. The van der Waals surface area contributed by atoms with Crippen LogP contribution in [-0.4, -0.2) is 22.1 Å². The van der Waals surface area contributed by atoms with Crippen LogP contribution in [0.5, 0.6) is 0 Å². The Morgan fingerprint density at radius 2 is 2.25 bits per heavy atom. The molecule has 0 radical (unpaired) electrons. The smallest absolute Gasteiger partial charge is 0.272 e. The van der Waals surface area contributed by atoms with Gasteiger partial charge >= 0.3 is 0 Å². The van der Waals surface area contributed by atoms with Crippen LogP contribution in [0.2, 0.25) is 5.15 Å². The van der Waals surface area contributed by atoms with Crippen molar-refractivity contribution < 1.29 is 4.79 Å². The second-order valence-electron chi connectivity index (χ2n) is 4.19. The average Bonchev–Trinajstić information content (AvgIpc) is 2.15. The van der Waals surface area contributed by atoms with E-state index in [1.165, 1.54) is 19.3 Å². The molecule has 5 heteroatoms. The summed E-state index contributed by atoms with van der Waals surface area (Å²) < 4.78 is 0. The van der Waals surface area contributed by atoms with E-state index in [2.05, 4.69) is 15.5 Å². The van der Waals surface area contributed by atoms with Crippen LogP contribution >= 0.6 is 11.6 Å². The molecule has 1 aliphatic rings. The van der Waals surface area contributed by atoms with Crippen molar-refractivity contribution in [3.8, 4) is 0 Å². The number of carbonyl (C=O) groups excluding carboxylic acids is 1. The Hall–Kier alpha value is -1.16. The molecular formula is C11H14ClN3O. The third-order valence-electron chi connectivity index (χ3n) is 3.08. The maximum atomic E-state index is 11.8. The lowest BCUT2D eigenvalue weighted by Gasteiger charge is -2.31. The monoisotopic (exact) mass is 239 g/mol. The van der Waals surface area contributed by atoms with Gasteiger partial charge in [0.25, 0.3) is 5.91 Å². The van der Waals surface area contributed by atoms with E-state index in [9.17, 15) is 4.79 Å². The summed E-state index contributed by atoms with van der Waals surface area (Å²) in [6, 6.07) is 3.36. The second-order valence-corrected chi connectivity index (χ2v) is 4.58. The number of carbonyl (C=O) groups is 1. The van der Waals surface area contributed by atoms with Gasteiger partial charge in [0.15, 0.2) is 10.8 Å². The van der Waals surface area contributed by atoms with Crippen LogP contribution in [0.25, 0.3) is 0 Å². The van der Waals surface area contributed by atoms with Crippen LogP contribution in [0.4, 0.5) is 0 Å². The summed E-state index contributed by atoms with van der Waals surface area (Å²) in [5, 5.41) is 10.6. The molecule has 1 aromatic rings. The minimum Gasteiger partial charge on any atom is -0.348 e. The summed E-state index contributed by atoms with van der Waals surface area (Å²) in [7, 11) is 0. The Labute approximate surface area is 99.4 Å². The minimum absolute atomic E-state index is 0.177. The van der Waals surface area contributed by atoms with Crippen molar-refractivity contribution >= 4 is 17.5 Å². The van der Waals surface area contributed by atoms with Crippen LogP contribution in [0.3, 0.4) is 0 Å². The van der Waals surface area contributed by atoms with Crippen LogP contribution in [0, 0.1) is 5.92 Å². The van der Waals surface area contributed by atoms with Gasteiger partial charge in [0.05, 0.1) is 0 Å². The molecule has 0 bridgehead atoms. The molecule has 1 N–H and O–H groups in total. The van der Waals surface area contributed by atoms with Crippen molar-refractivity contribution in [3.63, 3.8) is 0 Å². The lowest BCUT2D eigenvalue weighted by Crippen LogP contribution is -2.41. The summed E-state index contributed by atoms with van der Waals surface area (Å²) >= 11 is 5.60. The van der Waals surface area contributed by atoms with Gasteiger partial charge in [0.1, 0.15) is 0 Å². The Kier molecular flexibility index (Phi) is 3.39. The third-order valence-corrected chi connectivity index (χ3v) is 3.28. The van der Waals surface area contributed by atoms with E-state index in [-0.39, 0.29) is 11.9 Å². The largest absolute Gasteiger partial charge is 0.348 e. The topological polar surface area (TPSA) is 54.9 Å². The summed E-state index contributed by atoms with van der Waals surface area (Å²) in [4.78, 5) is 11.8. The molecule has 0 spiro atoms. The van der Waals surface area contributed by atoms with Gasteiger partial charge in [-0.25, -0.2) is 0 Å². The van der Waals surface area contributed by atoms with Crippen molar-refractivity contribution in [3.05, 3.63) is 23.0 Å². The quantitative estimate of drug-likeness (QED) is 0.878. The number of halogens is 1. The fraction of sp³-hybridized carbons (Fsp3) is 0.545. The normalized spacial score (nSPS) is 17.6. The molecule has 1 heterocycles. The maximum Gasteiger partial charge on any atom is 0.272 e. The average molecular weight is 240 g/mol. The molecule has 16 heavy (non-hydrogen) atoms. The van der Waals surface area contributed by atoms with Crippen molar-refractivity contribution in [1.29, 1.82) is 0 Å². The molecule has 1 saturated carbocycles. The zero-order valence-electron chi connectivity index (χ0n) is 9.11. The van der Waals surface area contributed by atoms with Gasteiger partial charge in [0, 0.05) is 6.04 Å². The Morgan fingerprint density at radius 3 is 2.75 bits per heavy atom. The molecule has 1 unspecified atom stereocenters. The van der Waals surface area contributed by atoms with Gasteiger partial charge < -0.3 is 5.32 Å². The Balaban J connectivity index is 1.94. The summed E-state index contributed by atoms with van der Waals surface area (Å²) in [6.45, 7) is 2.03. The highest BCUT2D eigenvalue weighted by molar-refractivity contribution is 6.29. The van der Waals surface area contributed by atoms with Crippen molar-refractivity contribution in [2.45, 2.75) is 32.2 Å². The molecule has 0 aromatic carbocycles. The number of amides is 1. The van der Waals surface area contributed by atoms with Gasteiger partial charge in [-0.1, -0.05) is 18.0 Å². The Morgan fingerprint density at radius 1 is 1.50 bits per heavy atom. The van der Waals surface area contributed by atoms with Crippen LogP contribution < -0.4 is 5.32 Å². The number of hydrogen-bond acceptors (Lipinski definition) is 3. The third kappa shape index (κ3) is 2.50. The molecule has 1 atom stereocenters. The van der Waals surface area contributed by atoms with Crippen LogP contribution in [-0.2, 0) is 0 Å². The van der Waals surface area contributed by atoms with Crippen molar-refractivity contribution in [1.82, 2.24) is 15.5 Å². The second kappa shape index (κ2) is 4.78. The number of hydrogen-bond donors (Lipinski definition) is 1. The first-order valence-electron chi connectivity index (χ1n) is 5.47. The number of nitrogens with zero attached hydrogens (tertiary/aromatic N) is 2. The lowest BCUT2D eigenvalue weighted by atomic mass is 9.80. The fourth-order valence-electron chi connectivity index (χ4n) is 1.78. The molecule has 1 aliphatic carbocycles. The molecule has 2 rings (SSSR count). The summed E-state index contributed by atoms with van der Waals surface area (Å²) in [5.41, 5.74) is 0.315. The van der Waals surface area contributed by atoms with Gasteiger partial charge in [-0.2, -0.15) is 0 Å². The maximum absolute atomic E-state index is 11.8. The van der Waals surface area contributed by atoms with Gasteiger partial charge in [0.2, 0.25) is 0 Å². The zero-order valence-corrected chi connectivity index (χ0v) is 9.87. The van der Waals surface area contributed by atoms with E-state index in [1.54, 1.807) is 12.1 Å². The number of nitrogens with one attached hydrogen (secondary N) is 1. The highest BCUT2D eigenvalue weighted by Gasteiger charge is 2.25. The Bertz CT molecular complexity index is 375. The number of rotatable bonds is 3. The minimum atomic E-state index is -0.177. The van der Waals surface area contributed by atoms with E-state index in [0.29, 0.717) is 16.8 Å².